The topological polar surface area (TPSA) is 41.1 Å². The summed E-state index contributed by atoms with van der Waals surface area (Å²) < 4.78 is 13.9. The summed E-state index contributed by atoms with van der Waals surface area (Å²) in [6.07, 6.45) is 0.293. The summed E-state index contributed by atoms with van der Waals surface area (Å²) in [6.45, 7) is 0.432. The van der Waals surface area contributed by atoms with Gasteiger partial charge in [-0.1, -0.05) is 33.6 Å². The number of nitrogens with one attached hydrogen (secondary N) is 2. The molecule has 21 heavy (non-hydrogen) atoms. The largest absolute Gasteiger partial charge is 0.384 e. The van der Waals surface area contributed by atoms with Gasteiger partial charge in [0.25, 0.3) is 0 Å². The number of amides is 1. The lowest BCUT2D eigenvalue weighted by atomic mass is 10.3. The van der Waals surface area contributed by atoms with Crippen LogP contribution in [0.5, 0.6) is 0 Å². The molecule has 0 heterocycles. The Kier molecular flexibility index (Phi) is 5.59. The summed E-state index contributed by atoms with van der Waals surface area (Å²) in [4.78, 5) is 11.8. The average molecular weight is 372 g/mol. The smallest absolute Gasteiger partial charge is 0.226 e. The third-order valence-corrected chi connectivity index (χ3v) is 3.49. The molecule has 0 saturated carbocycles. The summed E-state index contributed by atoms with van der Waals surface area (Å²) in [5, 5.41) is 5.87. The molecule has 0 unspecified atom stereocenters. The third-order valence-electron chi connectivity index (χ3n) is 2.71. The molecule has 110 valence electrons. The first kappa shape index (κ1) is 15.8. The predicted molar refractivity (Wildman–Crippen MR) is 87.3 cm³/mol. The third kappa shape index (κ3) is 5.02. The van der Waals surface area contributed by atoms with Gasteiger partial charge in [-0.25, -0.2) is 4.39 Å². The Labute approximate surface area is 135 Å². The summed E-state index contributed by atoms with van der Waals surface area (Å²) in [6, 6.07) is 11.7. The Morgan fingerprint density at radius 3 is 2.71 bits per heavy atom. The van der Waals surface area contributed by atoms with Gasteiger partial charge in [0.1, 0.15) is 5.82 Å². The molecule has 6 heteroatoms. The highest BCUT2D eigenvalue weighted by Gasteiger charge is 2.04. The van der Waals surface area contributed by atoms with E-state index in [9.17, 15) is 9.18 Å². The zero-order valence-corrected chi connectivity index (χ0v) is 13.3. The maximum absolute atomic E-state index is 13.0. The van der Waals surface area contributed by atoms with Crippen LogP contribution < -0.4 is 10.6 Å². The van der Waals surface area contributed by atoms with Crippen LogP contribution in [0.15, 0.2) is 46.9 Å². The Balaban J connectivity index is 1.80. The monoisotopic (exact) mass is 370 g/mol. The van der Waals surface area contributed by atoms with Gasteiger partial charge in [-0.15, -0.1) is 0 Å². The van der Waals surface area contributed by atoms with E-state index in [4.69, 9.17) is 11.6 Å². The van der Waals surface area contributed by atoms with E-state index < -0.39 is 5.82 Å². The lowest BCUT2D eigenvalue weighted by Crippen LogP contribution is -2.16. The van der Waals surface area contributed by atoms with Crippen molar-refractivity contribution >= 4 is 44.8 Å². The van der Waals surface area contributed by atoms with Crippen LogP contribution in [0.2, 0.25) is 5.02 Å². The van der Waals surface area contributed by atoms with Gasteiger partial charge in [0.15, 0.2) is 0 Å². The van der Waals surface area contributed by atoms with E-state index in [1.54, 1.807) is 6.07 Å². The minimum Gasteiger partial charge on any atom is -0.384 e. The summed E-state index contributed by atoms with van der Waals surface area (Å²) in [7, 11) is 0. The quantitative estimate of drug-likeness (QED) is 0.801. The first-order chi connectivity index (χ1) is 10.0. The molecule has 0 spiro atoms. The highest BCUT2D eigenvalue weighted by molar-refractivity contribution is 9.10. The molecule has 0 atom stereocenters. The van der Waals surface area contributed by atoms with Crippen LogP contribution in [-0.2, 0) is 4.79 Å². The fourth-order valence-electron chi connectivity index (χ4n) is 1.72. The second-order valence-electron chi connectivity index (χ2n) is 4.36. The van der Waals surface area contributed by atoms with Crippen molar-refractivity contribution in [3.8, 4) is 0 Å². The number of hydrogen-bond acceptors (Lipinski definition) is 2. The molecule has 1 amide bonds. The lowest BCUT2D eigenvalue weighted by Gasteiger charge is -2.08. The molecule has 3 nitrogen and oxygen atoms in total. The lowest BCUT2D eigenvalue weighted by molar-refractivity contribution is -0.115. The van der Waals surface area contributed by atoms with Crippen molar-refractivity contribution in [1.29, 1.82) is 0 Å². The molecule has 0 bridgehead atoms. The number of hydrogen-bond donors (Lipinski definition) is 2. The van der Waals surface area contributed by atoms with Crippen molar-refractivity contribution in [3.05, 3.63) is 57.8 Å². The van der Waals surface area contributed by atoms with Gasteiger partial charge >= 0.3 is 0 Å². The van der Waals surface area contributed by atoms with Crippen molar-refractivity contribution in [2.24, 2.45) is 0 Å². The van der Waals surface area contributed by atoms with Crippen LogP contribution in [0, 0.1) is 5.82 Å². The van der Waals surface area contributed by atoms with E-state index in [-0.39, 0.29) is 10.9 Å². The van der Waals surface area contributed by atoms with Gasteiger partial charge < -0.3 is 10.6 Å². The maximum Gasteiger partial charge on any atom is 0.226 e. The van der Waals surface area contributed by atoms with Crippen LogP contribution in [0.25, 0.3) is 0 Å². The van der Waals surface area contributed by atoms with E-state index in [0.29, 0.717) is 18.7 Å². The highest BCUT2D eigenvalue weighted by Crippen LogP contribution is 2.19. The number of anilines is 2. The number of rotatable bonds is 5. The molecule has 0 fully saturated rings. The normalized spacial score (nSPS) is 10.2. The van der Waals surface area contributed by atoms with E-state index in [1.165, 1.54) is 12.1 Å². The maximum atomic E-state index is 13.0. The molecule has 2 rings (SSSR count). The van der Waals surface area contributed by atoms with E-state index in [0.717, 1.165) is 10.2 Å². The van der Waals surface area contributed by atoms with Crippen LogP contribution in [0.3, 0.4) is 0 Å². The standard InChI is InChI=1S/C15H13BrClFN2O/c16-10-2-1-3-12(8-10)20-15(21)6-7-19-11-4-5-14(18)13(17)9-11/h1-5,8-9,19H,6-7H2,(H,20,21). The Hall–Kier alpha value is -1.59. The fraction of sp³-hybridized carbons (Fsp3) is 0.133. The molecule has 0 saturated heterocycles. The summed E-state index contributed by atoms with van der Waals surface area (Å²) >= 11 is 9.02. The first-order valence-electron chi connectivity index (χ1n) is 6.29. The Morgan fingerprint density at radius 1 is 1.19 bits per heavy atom. The van der Waals surface area contributed by atoms with Gasteiger partial charge in [0, 0.05) is 28.8 Å². The van der Waals surface area contributed by atoms with Crippen molar-refractivity contribution in [2.45, 2.75) is 6.42 Å². The van der Waals surface area contributed by atoms with E-state index in [2.05, 4.69) is 26.6 Å². The van der Waals surface area contributed by atoms with E-state index >= 15 is 0 Å². The number of carbonyl (C=O) groups is 1. The first-order valence-corrected chi connectivity index (χ1v) is 7.46. The van der Waals surface area contributed by atoms with E-state index in [1.807, 2.05) is 24.3 Å². The molecular weight excluding hydrogens is 359 g/mol. The minimum atomic E-state index is -0.463. The molecular formula is C15H13BrClFN2O. The van der Waals surface area contributed by atoms with Crippen LogP contribution in [0.1, 0.15) is 6.42 Å². The average Bonchev–Trinajstić information content (AvgIpc) is 2.43. The molecule has 2 N–H and O–H groups in total. The molecule has 0 aromatic heterocycles. The predicted octanol–water partition coefficient (Wildman–Crippen LogP) is 4.68. The van der Waals surface area contributed by atoms with Gasteiger partial charge in [-0.2, -0.15) is 0 Å². The highest BCUT2D eigenvalue weighted by atomic mass is 79.9. The zero-order valence-electron chi connectivity index (χ0n) is 11.0. The molecule has 2 aromatic carbocycles. The van der Waals surface area contributed by atoms with Gasteiger partial charge in [0.05, 0.1) is 5.02 Å². The molecule has 0 radical (unpaired) electrons. The molecule has 0 aliphatic heterocycles. The second kappa shape index (κ2) is 7.43. The second-order valence-corrected chi connectivity index (χ2v) is 5.69. The Morgan fingerprint density at radius 2 is 2.00 bits per heavy atom. The number of benzene rings is 2. The molecule has 0 aliphatic rings. The summed E-state index contributed by atoms with van der Waals surface area (Å²) in [5.41, 5.74) is 1.41. The van der Waals surface area contributed by atoms with Crippen LogP contribution >= 0.6 is 27.5 Å². The van der Waals surface area contributed by atoms with Gasteiger partial charge in [-0.05, 0) is 36.4 Å². The van der Waals surface area contributed by atoms with Crippen molar-refractivity contribution in [1.82, 2.24) is 0 Å². The minimum absolute atomic E-state index is 0.0542. The zero-order chi connectivity index (χ0) is 15.2. The fourth-order valence-corrected chi connectivity index (χ4v) is 2.30. The van der Waals surface area contributed by atoms with Gasteiger partial charge in [-0.3, -0.25) is 4.79 Å². The van der Waals surface area contributed by atoms with Crippen molar-refractivity contribution in [3.63, 3.8) is 0 Å². The van der Waals surface area contributed by atoms with Crippen LogP contribution in [0.4, 0.5) is 15.8 Å². The van der Waals surface area contributed by atoms with Crippen LogP contribution in [-0.4, -0.2) is 12.5 Å². The summed E-state index contributed by atoms with van der Waals surface area (Å²) in [5.74, 6) is -0.566. The number of carbonyl (C=O) groups excluding carboxylic acids is 1. The van der Waals surface area contributed by atoms with Crippen molar-refractivity contribution < 1.29 is 9.18 Å². The molecule has 2 aromatic rings. The Bertz CT molecular complexity index is 651. The number of halogens is 3. The molecule has 0 aliphatic carbocycles. The SMILES string of the molecule is O=C(CCNc1ccc(F)c(Cl)c1)Nc1cccc(Br)c1. The van der Waals surface area contributed by atoms with Crippen molar-refractivity contribution in [2.75, 3.05) is 17.2 Å². The van der Waals surface area contributed by atoms with Gasteiger partial charge in [0.2, 0.25) is 5.91 Å².